The molecule has 0 fully saturated rings. The number of aromatic nitrogens is 1. The molecule has 0 aromatic carbocycles. The number of carbonyl (C=O) groups is 2. The quantitative estimate of drug-likeness (QED) is 0.488. The van der Waals surface area contributed by atoms with Gasteiger partial charge in [-0.15, -0.1) is 0 Å². The van der Waals surface area contributed by atoms with E-state index in [1.165, 1.54) is 12.3 Å². The molecule has 1 rings (SSSR count). The zero-order valence-corrected chi connectivity index (χ0v) is 13.4. The normalized spacial score (nSPS) is 8.56. The average molecular weight is 239 g/mol. The molecule has 0 N–H and O–H groups in total. The Morgan fingerprint density at radius 2 is 1.81 bits per heavy atom. The summed E-state index contributed by atoms with van der Waals surface area (Å²) in [5, 5.41) is 21.2. The van der Waals surface area contributed by atoms with Crippen LogP contribution in [0.15, 0.2) is 12.3 Å². The predicted octanol–water partition coefficient (Wildman–Crippen LogP) is -7.62. The van der Waals surface area contributed by atoms with Gasteiger partial charge < -0.3 is 19.8 Å². The first kappa shape index (κ1) is 18.5. The van der Waals surface area contributed by atoms with Crippen LogP contribution in [0.2, 0.25) is 0 Å². The molecule has 0 aliphatic carbocycles. The molecule has 74 valence electrons. The molecule has 16 heavy (non-hydrogen) atoms. The third-order valence-corrected chi connectivity index (χ3v) is 1.82. The number of carboxylic acid groups (broad SMARTS) is 2. The monoisotopic (exact) mass is 239 g/mol. The summed E-state index contributed by atoms with van der Waals surface area (Å²) in [7, 11) is 0. The van der Waals surface area contributed by atoms with E-state index < -0.39 is 23.2 Å². The van der Waals surface area contributed by atoms with Crippen molar-refractivity contribution in [3.05, 3.63) is 29.1 Å². The molecule has 0 saturated carbocycles. The summed E-state index contributed by atoms with van der Waals surface area (Å²) in [6.45, 7) is 1.71. The number of hydrogen-bond acceptors (Lipinski definition) is 5. The Kier molecular flexibility index (Phi) is 9.48. The van der Waals surface area contributed by atoms with Gasteiger partial charge in [0.25, 0.3) is 0 Å². The molecular weight excluding hydrogens is 232 g/mol. The van der Waals surface area contributed by atoms with Crippen molar-refractivity contribution in [1.29, 1.82) is 0 Å². The van der Waals surface area contributed by atoms with Crippen LogP contribution in [-0.2, 0) is 6.42 Å². The van der Waals surface area contributed by atoms with Crippen LogP contribution < -0.4 is 69.3 Å². The second-order valence-corrected chi connectivity index (χ2v) is 2.62. The Morgan fingerprint density at radius 1 is 1.25 bits per heavy atom. The second-order valence-electron chi connectivity index (χ2n) is 2.62. The first-order chi connectivity index (χ1) is 6.57. The van der Waals surface area contributed by atoms with Gasteiger partial charge in [0.15, 0.2) is 0 Å². The van der Waals surface area contributed by atoms with E-state index in [0.717, 1.165) is 0 Å². The van der Waals surface area contributed by atoms with Crippen molar-refractivity contribution in [1.82, 2.24) is 4.98 Å². The zero-order chi connectivity index (χ0) is 10.7. The minimum Gasteiger partial charge on any atom is -0.545 e. The van der Waals surface area contributed by atoms with Crippen molar-refractivity contribution in [2.45, 2.75) is 13.3 Å². The van der Waals surface area contributed by atoms with Gasteiger partial charge in [0.1, 0.15) is 0 Å². The Balaban J connectivity index is 0. The van der Waals surface area contributed by atoms with Crippen LogP contribution in [0.25, 0.3) is 0 Å². The van der Waals surface area contributed by atoms with E-state index in [4.69, 9.17) is 0 Å². The standard InChI is InChI=1S/C9H9NO4.2Na/c1-2-5-3-4-10-7(9(13)14)6(5)8(11)12;;/h3-4H,2H2,1H3,(H,11,12)(H,13,14);;/q;2*+1/p-2. The number of hydrogen-bond donors (Lipinski definition) is 0. The van der Waals surface area contributed by atoms with Gasteiger partial charge >= 0.3 is 59.1 Å². The van der Waals surface area contributed by atoms with Crippen molar-refractivity contribution in [3.63, 3.8) is 0 Å². The Hall–Kier alpha value is 0.0900. The Labute approximate surface area is 137 Å². The fourth-order valence-electron chi connectivity index (χ4n) is 1.18. The maximum atomic E-state index is 10.7. The van der Waals surface area contributed by atoms with Crippen LogP contribution in [-0.4, -0.2) is 16.9 Å². The number of carbonyl (C=O) groups excluding carboxylic acids is 2. The SMILES string of the molecule is CCc1ccnc(C(=O)[O-])c1C(=O)[O-].[Na+].[Na+]. The maximum Gasteiger partial charge on any atom is 1.00 e. The van der Waals surface area contributed by atoms with Crippen LogP contribution in [0.5, 0.6) is 0 Å². The van der Waals surface area contributed by atoms with Crippen LogP contribution in [0.1, 0.15) is 33.3 Å². The first-order valence-corrected chi connectivity index (χ1v) is 3.98. The number of carboxylic acids is 2. The summed E-state index contributed by atoms with van der Waals surface area (Å²) in [5.41, 5.74) is -0.599. The van der Waals surface area contributed by atoms with E-state index in [1.807, 2.05) is 0 Å². The zero-order valence-electron chi connectivity index (χ0n) is 9.44. The summed E-state index contributed by atoms with van der Waals surface area (Å²) in [5.74, 6) is -3.16. The predicted molar refractivity (Wildman–Crippen MR) is 42.3 cm³/mol. The van der Waals surface area contributed by atoms with Gasteiger partial charge in [-0.05, 0) is 18.1 Å². The van der Waals surface area contributed by atoms with Crippen LogP contribution in [0.3, 0.4) is 0 Å². The molecule has 1 aromatic heterocycles. The maximum absolute atomic E-state index is 10.7. The Morgan fingerprint density at radius 3 is 2.19 bits per heavy atom. The third-order valence-electron chi connectivity index (χ3n) is 1.82. The van der Waals surface area contributed by atoms with E-state index in [9.17, 15) is 19.8 Å². The summed E-state index contributed by atoms with van der Waals surface area (Å²) < 4.78 is 0. The molecule has 0 unspecified atom stereocenters. The molecule has 0 radical (unpaired) electrons. The number of nitrogens with zero attached hydrogens (tertiary/aromatic N) is 1. The van der Waals surface area contributed by atoms with Gasteiger partial charge in [-0.25, -0.2) is 0 Å². The Bertz CT molecular complexity index is 395. The molecule has 7 heteroatoms. The van der Waals surface area contributed by atoms with E-state index in [2.05, 4.69) is 4.98 Å². The largest absolute Gasteiger partial charge is 1.00 e. The summed E-state index contributed by atoms with van der Waals surface area (Å²) in [6.07, 6.45) is 1.63. The van der Waals surface area contributed by atoms with Crippen LogP contribution in [0.4, 0.5) is 0 Å². The van der Waals surface area contributed by atoms with E-state index in [-0.39, 0.29) is 59.1 Å². The summed E-state index contributed by atoms with van der Waals surface area (Å²) in [6, 6.07) is 1.44. The fourth-order valence-corrected chi connectivity index (χ4v) is 1.18. The van der Waals surface area contributed by atoms with Gasteiger partial charge in [0.2, 0.25) is 0 Å². The van der Waals surface area contributed by atoms with Gasteiger partial charge in [0, 0.05) is 11.8 Å². The number of aryl methyl sites for hydroxylation is 1. The molecular formula is C9H7NNa2O4. The minimum absolute atomic E-state index is 0. The van der Waals surface area contributed by atoms with E-state index >= 15 is 0 Å². The smallest absolute Gasteiger partial charge is 0.545 e. The molecule has 0 atom stereocenters. The van der Waals surface area contributed by atoms with Crippen molar-refractivity contribution >= 4 is 11.9 Å². The second kappa shape index (κ2) is 8.22. The third kappa shape index (κ3) is 4.16. The van der Waals surface area contributed by atoms with Crippen molar-refractivity contribution in [2.75, 3.05) is 0 Å². The number of pyridine rings is 1. The molecule has 0 aliphatic heterocycles. The van der Waals surface area contributed by atoms with Gasteiger partial charge in [0.05, 0.1) is 17.6 Å². The van der Waals surface area contributed by atoms with E-state index in [1.54, 1.807) is 6.92 Å². The topological polar surface area (TPSA) is 93.2 Å². The minimum atomic E-state index is -1.61. The van der Waals surface area contributed by atoms with E-state index in [0.29, 0.717) is 12.0 Å². The molecule has 0 spiro atoms. The van der Waals surface area contributed by atoms with Crippen molar-refractivity contribution < 1.29 is 78.9 Å². The summed E-state index contributed by atoms with van der Waals surface area (Å²) >= 11 is 0. The van der Waals surface area contributed by atoms with Crippen molar-refractivity contribution in [2.24, 2.45) is 0 Å². The molecule has 0 aliphatic rings. The van der Waals surface area contributed by atoms with Crippen molar-refractivity contribution in [3.8, 4) is 0 Å². The average Bonchev–Trinajstić information content (AvgIpc) is 2.16. The molecule has 1 heterocycles. The molecule has 0 amide bonds. The van der Waals surface area contributed by atoms with Gasteiger partial charge in [-0.2, -0.15) is 0 Å². The van der Waals surface area contributed by atoms with Crippen LogP contribution >= 0.6 is 0 Å². The molecule has 5 nitrogen and oxygen atoms in total. The number of rotatable bonds is 3. The fraction of sp³-hybridized carbons (Fsp3) is 0.222. The van der Waals surface area contributed by atoms with Gasteiger partial charge in [-0.3, -0.25) is 4.98 Å². The number of aromatic carboxylic acids is 2. The molecule has 0 saturated heterocycles. The molecule has 1 aromatic rings. The van der Waals surface area contributed by atoms with Gasteiger partial charge in [-0.1, -0.05) is 6.92 Å². The van der Waals surface area contributed by atoms with Crippen LogP contribution in [0, 0.1) is 0 Å². The first-order valence-electron chi connectivity index (χ1n) is 3.98. The summed E-state index contributed by atoms with van der Waals surface area (Å²) in [4.78, 5) is 24.6. The molecule has 0 bridgehead atoms.